The minimum Gasteiger partial charge on any atom is -0.381 e. The van der Waals surface area contributed by atoms with E-state index in [9.17, 15) is 4.79 Å². The van der Waals surface area contributed by atoms with E-state index in [1.54, 1.807) is 6.92 Å². The number of carbonyl (C=O) groups is 1. The number of urea groups is 1. The van der Waals surface area contributed by atoms with Crippen LogP contribution in [-0.4, -0.2) is 46.9 Å². The van der Waals surface area contributed by atoms with E-state index in [1.165, 1.54) is 19.3 Å². The third kappa shape index (κ3) is 2.18. The Hall–Kier alpha value is -1.63. The first-order valence-electron chi connectivity index (χ1n) is 8.14. The van der Waals surface area contributed by atoms with E-state index >= 15 is 0 Å². The smallest absolute Gasteiger partial charge is 0.329 e. The van der Waals surface area contributed by atoms with Crippen molar-refractivity contribution in [2.45, 2.75) is 45.1 Å². The lowest BCUT2D eigenvalue weighted by atomic mass is 9.54. The normalized spacial score (nSPS) is 27.3. The molecule has 0 aromatic carbocycles. The summed E-state index contributed by atoms with van der Waals surface area (Å²) in [7, 11) is 0. The van der Waals surface area contributed by atoms with E-state index in [4.69, 9.17) is 9.26 Å². The largest absolute Gasteiger partial charge is 0.381 e. The van der Waals surface area contributed by atoms with Gasteiger partial charge in [-0.25, -0.2) is 4.79 Å². The van der Waals surface area contributed by atoms with Gasteiger partial charge in [-0.3, -0.25) is 5.32 Å². The predicted molar refractivity (Wildman–Crippen MR) is 78.4 cm³/mol. The number of carbonyl (C=O) groups excluding carboxylic acids is 1. The molecule has 3 aliphatic rings. The van der Waals surface area contributed by atoms with Crippen LogP contribution in [0.4, 0.5) is 10.8 Å². The Morgan fingerprint density at radius 1 is 1.36 bits per heavy atom. The molecule has 4 rings (SSSR count). The highest BCUT2D eigenvalue weighted by molar-refractivity contribution is 5.88. The fraction of sp³-hybridized carbons (Fsp3) is 0.800. The molecule has 1 aliphatic carbocycles. The van der Waals surface area contributed by atoms with Gasteiger partial charge >= 0.3 is 12.0 Å². The molecule has 1 atom stereocenters. The maximum absolute atomic E-state index is 12.5. The van der Waals surface area contributed by atoms with Crippen molar-refractivity contribution >= 4 is 12.0 Å². The number of amides is 2. The molecule has 2 amide bonds. The zero-order valence-electron chi connectivity index (χ0n) is 12.9. The summed E-state index contributed by atoms with van der Waals surface area (Å²) in [6.45, 7) is 4.22. The van der Waals surface area contributed by atoms with Crippen molar-refractivity contribution in [1.82, 2.24) is 15.0 Å². The summed E-state index contributed by atoms with van der Waals surface area (Å²) in [5, 5.41) is 6.44. The molecule has 3 fully saturated rings. The van der Waals surface area contributed by atoms with Crippen LogP contribution in [0.25, 0.3) is 0 Å². The number of hydrogen-bond acceptors (Lipinski definition) is 5. The first kappa shape index (κ1) is 14.0. The van der Waals surface area contributed by atoms with Gasteiger partial charge in [0, 0.05) is 31.2 Å². The quantitative estimate of drug-likeness (QED) is 0.906. The fourth-order valence-corrected chi connectivity index (χ4v) is 4.33. The number of nitrogens with zero attached hydrogens (tertiary/aromatic N) is 3. The second-order valence-corrected chi connectivity index (χ2v) is 6.82. The molecule has 22 heavy (non-hydrogen) atoms. The Bertz CT molecular complexity index is 563. The van der Waals surface area contributed by atoms with Gasteiger partial charge in [-0.1, -0.05) is 11.6 Å². The van der Waals surface area contributed by atoms with Gasteiger partial charge in [-0.05, 0) is 38.5 Å². The summed E-state index contributed by atoms with van der Waals surface area (Å²) < 4.78 is 10.5. The van der Waals surface area contributed by atoms with Crippen LogP contribution in [0.5, 0.6) is 0 Å². The Labute approximate surface area is 129 Å². The first-order valence-corrected chi connectivity index (χ1v) is 8.14. The third-order valence-electron chi connectivity index (χ3n) is 5.51. The molecule has 1 aromatic rings. The van der Waals surface area contributed by atoms with Crippen molar-refractivity contribution in [2.24, 2.45) is 11.3 Å². The number of hydrogen-bond donors (Lipinski definition) is 1. The van der Waals surface area contributed by atoms with E-state index < -0.39 is 0 Å². The van der Waals surface area contributed by atoms with Crippen molar-refractivity contribution < 1.29 is 14.1 Å². The highest BCUT2D eigenvalue weighted by Crippen LogP contribution is 2.56. The van der Waals surface area contributed by atoms with Crippen LogP contribution >= 0.6 is 0 Å². The van der Waals surface area contributed by atoms with Crippen LogP contribution in [0.2, 0.25) is 0 Å². The average Bonchev–Trinajstić information content (AvgIpc) is 2.82. The molecule has 3 heterocycles. The van der Waals surface area contributed by atoms with Crippen LogP contribution in [0.1, 0.15) is 37.9 Å². The minimum absolute atomic E-state index is 0.113. The molecular formula is C15H22N4O3. The lowest BCUT2D eigenvalue weighted by molar-refractivity contribution is -0.135. The molecule has 1 unspecified atom stereocenters. The van der Waals surface area contributed by atoms with Gasteiger partial charge in [0.05, 0.1) is 0 Å². The second kappa shape index (κ2) is 5.22. The summed E-state index contributed by atoms with van der Waals surface area (Å²) >= 11 is 0. The van der Waals surface area contributed by atoms with Gasteiger partial charge in [0.15, 0.2) is 5.82 Å². The van der Waals surface area contributed by atoms with Crippen LogP contribution in [0.15, 0.2) is 4.52 Å². The predicted octanol–water partition coefficient (Wildman–Crippen LogP) is 2.19. The van der Waals surface area contributed by atoms with Crippen LogP contribution < -0.4 is 5.32 Å². The zero-order chi connectivity index (χ0) is 15.2. The number of ether oxygens (including phenoxy) is 1. The van der Waals surface area contributed by atoms with E-state index in [0.717, 1.165) is 32.6 Å². The van der Waals surface area contributed by atoms with E-state index in [1.807, 2.05) is 4.90 Å². The molecule has 2 saturated heterocycles. The molecule has 1 saturated carbocycles. The van der Waals surface area contributed by atoms with E-state index in [2.05, 4.69) is 15.5 Å². The van der Waals surface area contributed by atoms with Gasteiger partial charge in [0.2, 0.25) is 0 Å². The van der Waals surface area contributed by atoms with Crippen LogP contribution in [-0.2, 0) is 4.74 Å². The number of likely N-dealkylation sites (tertiary alicyclic amines) is 1. The highest BCUT2D eigenvalue weighted by atomic mass is 16.5. The molecule has 7 nitrogen and oxygen atoms in total. The summed E-state index contributed by atoms with van der Waals surface area (Å²) in [6.07, 6.45) is 5.89. The third-order valence-corrected chi connectivity index (χ3v) is 5.51. The maximum Gasteiger partial charge on any atom is 0.329 e. The summed E-state index contributed by atoms with van der Waals surface area (Å²) in [5.41, 5.74) is 0.365. The molecule has 0 bridgehead atoms. The minimum atomic E-state index is -0.113. The lowest BCUT2D eigenvalue weighted by Gasteiger charge is -2.64. The number of rotatable bonds is 2. The Morgan fingerprint density at radius 3 is 2.73 bits per heavy atom. The molecule has 1 N–H and O–H groups in total. The molecular weight excluding hydrogens is 284 g/mol. The van der Waals surface area contributed by atoms with E-state index in [-0.39, 0.29) is 12.0 Å². The monoisotopic (exact) mass is 306 g/mol. The standard InChI is InChI=1S/C15H22N4O3/c1-10-16-13(22-18-10)17-14(20)19-9-15(5-2-6-15)12(19)11-3-7-21-8-4-11/h11-12H,2-9H2,1H3,(H,16,17,18,20). The van der Waals surface area contributed by atoms with E-state index in [0.29, 0.717) is 23.2 Å². The van der Waals surface area contributed by atoms with Crippen molar-refractivity contribution in [2.75, 3.05) is 25.1 Å². The molecule has 7 heteroatoms. The number of anilines is 1. The maximum atomic E-state index is 12.5. The summed E-state index contributed by atoms with van der Waals surface area (Å²) in [6, 6.07) is 0.412. The SMILES string of the molecule is Cc1noc(NC(=O)N2CC3(CCC3)C2C2CCOCC2)n1. The Morgan fingerprint density at radius 2 is 2.14 bits per heavy atom. The van der Waals surface area contributed by atoms with Crippen LogP contribution in [0.3, 0.4) is 0 Å². The highest BCUT2D eigenvalue weighted by Gasteiger charge is 2.59. The van der Waals surface area contributed by atoms with Crippen molar-refractivity contribution in [3.8, 4) is 0 Å². The van der Waals surface area contributed by atoms with Gasteiger partial charge < -0.3 is 14.2 Å². The Balaban J connectivity index is 1.47. The first-order chi connectivity index (χ1) is 10.7. The summed E-state index contributed by atoms with van der Waals surface area (Å²) in [4.78, 5) is 18.6. The van der Waals surface area contributed by atoms with Crippen molar-refractivity contribution in [3.05, 3.63) is 5.82 Å². The number of aromatic nitrogens is 2. The molecule has 2 aliphatic heterocycles. The molecule has 120 valence electrons. The number of nitrogens with one attached hydrogen (secondary N) is 1. The molecule has 1 aromatic heterocycles. The second-order valence-electron chi connectivity index (χ2n) is 6.82. The topological polar surface area (TPSA) is 80.5 Å². The summed E-state index contributed by atoms with van der Waals surface area (Å²) in [5.74, 6) is 1.08. The zero-order valence-corrected chi connectivity index (χ0v) is 12.9. The lowest BCUT2D eigenvalue weighted by Crippen LogP contribution is -2.72. The molecule has 1 spiro atoms. The average molecular weight is 306 g/mol. The Kier molecular flexibility index (Phi) is 3.32. The van der Waals surface area contributed by atoms with Gasteiger partial charge in [-0.2, -0.15) is 4.98 Å². The van der Waals surface area contributed by atoms with Gasteiger partial charge in [0.25, 0.3) is 0 Å². The fourth-order valence-electron chi connectivity index (χ4n) is 4.33. The van der Waals surface area contributed by atoms with Crippen molar-refractivity contribution in [3.63, 3.8) is 0 Å². The number of aryl methyl sites for hydroxylation is 1. The van der Waals surface area contributed by atoms with Gasteiger partial charge in [0.1, 0.15) is 0 Å². The molecule has 0 radical (unpaired) electrons. The van der Waals surface area contributed by atoms with Crippen molar-refractivity contribution in [1.29, 1.82) is 0 Å². The van der Waals surface area contributed by atoms with Crippen LogP contribution in [0, 0.1) is 18.3 Å². The van der Waals surface area contributed by atoms with Gasteiger partial charge in [-0.15, -0.1) is 0 Å².